The van der Waals surface area contributed by atoms with Crippen LogP contribution in [-0.2, 0) is 19.1 Å². The number of hydrogen-bond acceptors (Lipinski definition) is 4. The van der Waals surface area contributed by atoms with Gasteiger partial charge in [0.05, 0.1) is 25.4 Å². The molecule has 158 valence electrons. The number of carbonyl (C=O) groups excluding carboxylic acids is 2. The average molecular weight is 415 g/mol. The van der Waals surface area contributed by atoms with Crippen LogP contribution in [0, 0.1) is 0 Å². The number of rotatable bonds is 4. The summed E-state index contributed by atoms with van der Waals surface area (Å²) >= 11 is 0. The van der Waals surface area contributed by atoms with Crippen LogP contribution in [0.3, 0.4) is 0 Å². The first kappa shape index (κ1) is 22.0. The first-order valence-electron chi connectivity index (χ1n) is 10.0. The van der Waals surface area contributed by atoms with Gasteiger partial charge in [0, 0.05) is 5.57 Å². The highest BCUT2D eigenvalue weighted by Crippen LogP contribution is 2.38. The zero-order valence-electron chi connectivity index (χ0n) is 18.5. The molecule has 0 saturated carbocycles. The topological polar surface area (TPSA) is 52.6 Å². The van der Waals surface area contributed by atoms with Crippen molar-refractivity contribution in [2.75, 3.05) is 14.2 Å². The number of carbonyl (C=O) groups is 2. The van der Waals surface area contributed by atoms with E-state index in [0.29, 0.717) is 5.57 Å². The summed E-state index contributed by atoms with van der Waals surface area (Å²) in [6, 6.07) is 9.88. The van der Waals surface area contributed by atoms with Crippen LogP contribution in [0.15, 0.2) is 105 Å². The van der Waals surface area contributed by atoms with E-state index in [1.807, 2.05) is 75.4 Å². The molecule has 0 atom stereocenters. The minimum atomic E-state index is -0.590. The van der Waals surface area contributed by atoms with Crippen molar-refractivity contribution < 1.29 is 19.1 Å². The summed E-state index contributed by atoms with van der Waals surface area (Å²) in [6.45, 7) is 5.94. The van der Waals surface area contributed by atoms with Crippen LogP contribution in [0.25, 0.3) is 6.08 Å². The summed E-state index contributed by atoms with van der Waals surface area (Å²) in [7, 11) is 2.62. The molecule has 0 unspecified atom stereocenters. The van der Waals surface area contributed by atoms with Gasteiger partial charge in [0.25, 0.3) is 0 Å². The van der Waals surface area contributed by atoms with Crippen LogP contribution < -0.4 is 0 Å². The van der Waals surface area contributed by atoms with Gasteiger partial charge >= 0.3 is 11.9 Å². The molecule has 0 radical (unpaired) electrons. The maximum Gasteiger partial charge on any atom is 0.339 e. The van der Waals surface area contributed by atoms with Gasteiger partial charge in [-0.25, -0.2) is 9.59 Å². The fourth-order valence-corrected chi connectivity index (χ4v) is 3.82. The minimum absolute atomic E-state index is 0.170. The molecular weight excluding hydrogens is 388 g/mol. The van der Waals surface area contributed by atoms with Crippen LogP contribution in [0.2, 0.25) is 0 Å². The average Bonchev–Trinajstić information content (AvgIpc) is 3.00. The fraction of sp³-hybridized carbons (Fsp3) is 0.185. The highest BCUT2D eigenvalue weighted by atomic mass is 16.5. The molecule has 0 bridgehead atoms. The third kappa shape index (κ3) is 4.75. The lowest BCUT2D eigenvalue weighted by atomic mass is 9.88. The largest absolute Gasteiger partial charge is 0.465 e. The molecule has 0 aromatic heterocycles. The van der Waals surface area contributed by atoms with Crippen molar-refractivity contribution in [2.24, 2.45) is 0 Å². The SMILES string of the molecule is COC(=O)C1=C(C(=O)OC)C2=C(C)C=C(C)C=C(C)C2=CC(/C=C/c2ccccc2)=C1. The van der Waals surface area contributed by atoms with Crippen LogP contribution >= 0.6 is 0 Å². The monoisotopic (exact) mass is 414 g/mol. The molecule has 3 rings (SSSR count). The zero-order valence-corrected chi connectivity index (χ0v) is 18.5. The molecule has 0 spiro atoms. The Bertz CT molecular complexity index is 1130. The Morgan fingerprint density at radius 1 is 0.806 bits per heavy atom. The van der Waals surface area contributed by atoms with Crippen LogP contribution in [0.4, 0.5) is 0 Å². The molecule has 1 aromatic carbocycles. The minimum Gasteiger partial charge on any atom is -0.465 e. The van der Waals surface area contributed by atoms with E-state index < -0.39 is 11.9 Å². The second-order valence-corrected chi connectivity index (χ2v) is 7.49. The molecule has 31 heavy (non-hydrogen) atoms. The van der Waals surface area contributed by atoms with E-state index in [0.717, 1.165) is 33.4 Å². The first-order chi connectivity index (χ1) is 14.8. The van der Waals surface area contributed by atoms with Crippen molar-refractivity contribution in [3.05, 3.63) is 111 Å². The van der Waals surface area contributed by atoms with Gasteiger partial charge in [0.1, 0.15) is 0 Å². The maximum atomic E-state index is 12.9. The van der Waals surface area contributed by atoms with Crippen molar-refractivity contribution in [1.82, 2.24) is 0 Å². The van der Waals surface area contributed by atoms with Crippen molar-refractivity contribution in [3.63, 3.8) is 0 Å². The van der Waals surface area contributed by atoms with Gasteiger partial charge in [-0.2, -0.15) is 0 Å². The van der Waals surface area contributed by atoms with Gasteiger partial charge in [0.15, 0.2) is 0 Å². The van der Waals surface area contributed by atoms with Gasteiger partial charge in [-0.15, -0.1) is 0 Å². The summed E-state index contributed by atoms with van der Waals surface area (Å²) in [5.74, 6) is -1.17. The summed E-state index contributed by atoms with van der Waals surface area (Å²) in [5.41, 5.74) is 6.66. The molecule has 2 aliphatic carbocycles. The lowest BCUT2D eigenvalue weighted by Gasteiger charge is -2.17. The molecule has 0 fully saturated rings. The number of allylic oxidation sites excluding steroid dienone is 9. The standard InChI is InChI=1S/C27H26O4/c1-17-13-18(2)22-15-21(12-11-20-9-7-6-8-10-20)16-23(26(28)30-4)25(27(29)31-5)24(22)19(3)14-17/h6-16H,1-5H3/b12-11+. The Morgan fingerprint density at radius 2 is 1.48 bits per heavy atom. The highest BCUT2D eigenvalue weighted by Gasteiger charge is 2.30. The smallest absolute Gasteiger partial charge is 0.339 e. The highest BCUT2D eigenvalue weighted by molar-refractivity contribution is 6.07. The zero-order chi connectivity index (χ0) is 22.5. The molecule has 0 heterocycles. The predicted octanol–water partition coefficient (Wildman–Crippen LogP) is 5.43. The number of fused-ring (bicyclic) bond motifs is 1. The van der Waals surface area contributed by atoms with Crippen molar-refractivity contribution in [3.8, 4) is 0 Å². The molecule has 4 nitrogen and oxygen atoms in total. The Hall–Kier alpha value is -3.66. The van der Waals surface area contributed by atoms with E-state index in [1.165, 1.54) is 14.2 Å². The Morgan fingerprint density at radius 3 is 2.13 bits per heavy atom. The van der Waals surface area contributed by atoms with Gasteiger partial charge in [-0.05, 0) is 60.8 Å². The molecule has 4 heteroatoms. The molecule has 0 N–H and O–H groups in total. The molecule has 2 aliphatic rings. The normalized spacial score (nSPS) is 16.5. The number of benzene rings is 1. The van der Waals surface area contributed by atoms with E-state index in [2.05, 4.69) is 6.08 Å². The second-order valence-electron chi connectivity index (χ2n) is 7.49. The Kier molecular flexibility index (Phi) is 6.71. The molecule has 0 saturated heterocycles. The lowest BCUT2D eigenvalue weighted by Crippen LogP contribution is -2.16. The predicted molar refractivity (Wildman–Crippen MR) is 123 cm³/mol. The molecule has 1 aromatic rings. The number of hydrogen-bond donors (Lipinski definition) is 0. The molecular formula is C27H26O4. The molecule has 0 aliphatic heterocycles. The number of ether oxygens (including phenoxy) is 2. The summed E-state index contributed by atoms with van der Waals surface area (Å²) in [5, 5.41) is 0. The second kappa shape index (κ2) is 9.43. The van der Waals surface area contributed by atoms with E-state index in [9.17, 15) is 9.59 Å². The summed E-state index contributed by atoms with van der Waals surface area (Å²) in [4.78, 5) is 25.7. The third-order valence-electron chi connectivity index (χ3n) is 5.18. The fourth-order valence-electron chi connectivity index (χ4n) is 3.82. The first-order valence-corrected chi connectivity index (χ1v) is 10.0. The maximum absolute atomic E-state index is 12.9. The van der Waals surface area contributed by atoms with Crippen LogP contribution in [0.1, 0.15) is 26.3 Å². The number of esters is 2. The van der Waals surface area contributed by atoms with Gasteiger partial charge in [-0.1, -0.05) is 60.2 Å². The van der Waals surface area contributed by atoms with Crippen molar-refractivity contribution in [1.29, 1.82) is 0 Å². The summed E-state index contributed by atoms with van der Waals surface area (Å²) in [6.07, 6.45) is 11.6. The van der Waals surface area contributed by atoms with Gasteiger partial charge < -0.3 is 9.47 Å². The third-order valence-corrected chi connectivity index (χ3v) is 5.18. The van der Waals surface area contributed by atoms with E-state index in [1.54, 1.807) is 6.08 Å². The summed E-state index contributed by atoms with van der Waals surface area (Å²) < 4.78 is 10.1. The number of methoxy groups -OCH3 is 2. The van der Waals surface area contributed by atoms with Gasteiger partial charge in [0.2, 0.25) is 0 Å². The Balaban J connectivity index is 2.33. The van der Waals surface area contributed by atoms with Crippen LogP contribution in [-0.4, -0.2) is 26.2 Å². The molecule has 0 amide bonds. The van der Waals surface area contributed by atoms with Crippen molar-refractivity contribution >= 4 is 18.0 Å². The van der Waals surface area contributed by atoms with E-state index in [-0.39, 0.29) is 11.1 Å². The quantitative estimate of drug-likeness (QED) is 0.617. The van der Waals surface area contributed by atoms with Crippen molar-refractivity contribution in [2.45, 2.75) is 20.8 Å². The van der Waals surface area contributed by atoms with E-state index >= 15 is 0 Å². The Labute approximate surface area is 183 Å². The van der Waals surface area contributed by atoms with Crippen LogP contribution in [0.5, 0.6) is 0 Å². The lowest BCUT2D eigenvalue weighted by molar-refractivity contribution is -0.138. The van der Waals surface area contributed by atoms with Gasteiger partial charge in [-0.3, -0.25) is 0 Å². The van der Waals surface area contributed by atoms with E-state index in [4.69, 9.17) is 9.47 Å².